The first kappa shape index (κ1) is 19.7. The van der Waals surface area contributed by atoms with Crippen LogP contribution in [0.2, 0.25) is 0 Å². The fourth-order valence-corrected chi connectivity index (χ4v) is 3.63. The van der Waals surface area contributed by atoms with Crippen LogP contribution in [0.5, 0.6) is 0 Å². The summed E-state index contributed by atoms with van der Waals surface area (Å²) in [7, 11) is 0. The molecule has 32 heavy (non-hydrogen) atoms. The van der Waals surface area contributed by atoms with Crippen LogP contribution in [-0.2, 0) is 6.54 Å². The van der Waals surface area contributed by atoms with Gasteiger partial charge in [-0.15, -0.1) is 0 Å². The van der Waals surface area contributed by atoms with Gasteiger partial charge >= 0.3 is 0 Å². The molecule has 5 aromatic rings. The fraction of sp³-hybridized carbons (Fsp3) is 0.0400. The molecular formula is C25H18F2N4O. The summed E-state index contributed by atoms with van der Waals surface area (Å²) < 4.78 is 30.3. The van der Waals surface area contributed by atoms with Gasteiger partial charge in [-0.2, -0.15) is 5.10 Å². The quantitative estimate of drug-likeness (QED) is 0.428. The van der Waals surface area contributed by atoms with Crippen LogP contribution >= 0.6 is 0 Å². The molecule has 3 heterocycles. The summed E-state index contributed by atoms with van der Waals surface area (Å²) in [5, 5.41) is 7.03. The van der Waals surface area contributed by atoms with Gasteiger partial charge in [0.15, 0.2) is 5.69 Å². The average molecular weight is 428 g/mol. The average Bonchev–Trinajstić information content (AvgIpc) is 3.44. The van der Waals surface area contributed by atoms with Crippen molar-refractivity contribution in [1.29, 1.82) is 0 Å². The number of carbonyl (C=O) groups excluding carboxylic acids is 1. The molecule has 1 amide bonds. The first-order chi connectivity index (χ1) is 15.6. The molecule has 0 saturated heterocycles. The van der Waals surface area contributed by atoms with Gasteiger partial charge in [0.2, 0.25) is 0 Å². The van der Waals surface area contributed by atoms with Crippen molar-refractivity contribution in [3.63, 3.8) is 0 Å². The van der Waals surface area contributed by atoms with E-state index < -0.39 is 17.5 Å². The van der Waals surface area contributed by atoms with Crippen LogP contribution in [0.4, 0.5) is 8.78 Å². The van der Waals surface area contributed by atoms with E-state index in [2.05, 4.69) is 16.5 Å². The molecule has 0 unspecified atom stereocenters. The molecule has 0 atom stereocenters. The maximum atomic E-state index is 13.3. The Morgan fingerprint density at radius 1 is 0.875 bits per heavy atom. The number of fused-ring (bicyclic) bond motifs is 1. The first-order valence-corrected chi connectivity index (χ1v) is 10.0. The highest BCUT2D eigenvalue weighted by Gasteiger charge is 2.13. The third-order valence-corrected chi connectivity index (χ3v) is 5.17. The normalized spacial score (nSPS) is 11.1. The molecule has 0 spiro atoms. The largest absolute Gasteiger partial charge is 0.347 e. The highest BCUT2D eigenvalue weighted by Crippen LogP contribution is 2.22. The summed E-state index contributed by atoms with van der Waals surface area (Å²) in [6.07, 6.45) is 3.73. The maximum absolute atomic E-state index is 13.3. The highest BCUT2D eigenvalue weighted by atomic mass is 19.1. The summed E-state index contributed by atoms with van der Waals surface area (Å²) in [5.74, 6) is -1.02. The van der Waals surface area contributed by atoms with Crippen molar-refractivity contribution in [2.24, 2.45) is 0 Å². The summed E-state index contributed by atoms with van der Waals surface area (Å²) in [4.78, 5) is 12.5. The zero-order valence-corrected chi connectivity index (χ0v) is 16.9. The van der Waals surface area contributed by atoms with Crippen LogP contribution in [0.15, 0.2) is 91.3 Å². The Kier molecular flexibility index (Phi) is 4.99. The molecule has 0 aliphatic rings. The van der Waals surface area contributed by atoms with E-state index in [0.29, 0.717) is 5.56 Å². The van der Waals surface area contributed by atoms with E-state index in [4.69, 9.17) is 0 Å². The van der Waals surface area contributed by atoms with Crippen molar-refractivity contribution in [1.82, 2.24) is 19.5 Å². The lowest BCUT2D eigenvalue weighted by Gasteiger charge is -2.07. The van der Waals surface area contributed by atoms with Gasteiger partial charge in [-0.3, -0.25) is 4.79 Å². The molecule has 0 fully saturated rings. The van der Waals surface area contributed by atoms with Gasteiger partial charge in [-0.1, -0.05) is 36.4 Å². The molecule has 0 bridgehead atoms. The van der Waals surface area contributed by atoms with Crippen molar-refractivity contribution < 1.29 is 13.6 Å². The number of halogens is 2. The number of rotatable bonds is 5. The molecule has 1 N–H and O–H groups in total. The van der Waals surface area contributed by atoms with Gasteiger partial charge in [-0.05, 0) is 53.1 Å². The molecule has 3 aromatic heterocycles. The Morgan fingerprint density at radius 2 is 1.62 bits per heavy atom. The van der Waals surface area contributed by atoms with Crippen molar-refractivity contribution >= 4 is 11.4 Å². The number of hydrogen-bond donors (Lipinski definition) is 1. The summed E-state index contributed by atoms with van der Waals surface area (Å²) >= 11 is 0. The van der Waals surface area contributed by atoms with Crippen LogP contribution in [0, 0.1) is 11.6 Å². The van der Waals surface area contributed by atoms with Gasteiger partial charge in [0.1, 0.15) is 17.5 Å². The Bertz CT molecular complexity index is 1400. The van der Waals surface area contributed by atoms with Gasteiger partial charge in [0.25, 0.3) is 5.91 Å². The van der Waals surface area contributed by atoms with Crippen LogP contribution < -0.4 is 5.32 Å². The molecule has 0 aliphatic carbocycles. The van der Waals surface area contributed by atoms with E-state index in [0.717, 1.165) is 28.5 Å². The monoisotopic (exact) mass is 428 g/mol. The number of aromatic nitrogens is 3. The second-order valence-electron chi connectivity index (χ2n) is 7.38. The number of nitrogens with zero attached hydrogens (tertiary/aromatic N) is 3. The third-order valence-electron chi connectivity index (χ3n) is 5.17. The maximum Gasteiger partial charge on any atom is 0.272 e. The molecule has 2 aromatic carbocycles. The predicted molar refractivity (Wildman–Crippen MR) is 117 cm³/mol. The molecule has 7 heteroatoms. The van der Waals surface area contributed by atoms with Crippen molar-refractivity contribution in [3.8, 4) is 16.9 Å². The molecule has 158 valence electrons. The van der Waals surface area contributed by atoms with Crippen molar-refractivity contribution in [2.45, 2.75) is 6.54 Å². The lowest BCUT2D eigenvalue weighted by Crippen LogP contribution is -2.23. The van der Waals surface area contributed by atoms with E-state index in [1.54, 1.807) is 16.9 Å². The molecule has 5 rings (SSSR count). The zero-order valence-electron chi connectivity index (χ0n) is 16.9. The third kappa shape index (κ3) is 3.88. The molecule has 0 radical (unpaired) electrons. The Hall–Kier alpha value is -4.26. The van der Waals surface area contributed by atoms with Crippen molar-refractivity contribution in [2.75, 3.05) is 0 Å². The van der Waals surface area contributed by atoms with Crippen LogP contribution in [0.1, 0.15) is 16.1 Å². The lowest BCUT2D eigenvalue weighted by molar-refractivity contribution is 0.0945. The zero-order chi connectivity index (χ0) is 22.1. The smallest absolute Gasteiger partial charge is 0.272 e. The molecule has 5 nitrogen and oxygen atoms in total. The predicted octanol–water partition coefficient (Wildman–Crippen LogP) is 5.00. The Balaban J connectivity index is 1.38. The van der Waals surface area contributed by atoms with E-state index in [9.17, 15) is 13.6 Å². The number of pyridine rings is 1. The Morgan fingerprint density at radius 3 is 2.41 bits per heavy atom. The summed E-state index contributed by atoms with van der Waals surface area (Å²) in [5.41, 5.74) is 3.69. The van der Waals surface area contributed by atoms with E-state index >= 15 is 0 Å². The molecule has 0 aliphatic heterocycles. The number of nitrogens with one attached hydrogen (secondary N) is 1. The van der Waals surface area contributed by atoms with Gasteiger partial charge in [0.05, 0.1) is 0 Å². The fourth-order valence-electron chi connectivity index (χ4n) is 3.63. The SMILES string of the molecule is O=C(NCc1cc(F)cc(F)c1)c1ccn(-c2ccc3ccc(-c4ccccc4)cn23)n1. The summed E-state index contributed by atoms with van der Waals surface area (Å²) in [6, 6.07) is 22.8. The molecular weight excluding hydrogens is 410 g/mol. The first-order valence-electron chi connectivity index (χ1n) is 10.0. The van der Waals surface area contributed by atoms with E-state index in [-0.39, 0.29) is 12.2 Å². The topological polar surface area (TPSA) is 51.3 Å². The minimum Gasteiger partial charge on any atom is -0.347 e. The summed E-state index contributed by atoms with van der Waals surface area (Å²) in [6.45, 7) is -0.00509. The second-order valence-corrected chi connectivity index (χ2v) is 7.38. The van der Waals surface area contributed by atoms with Crippen molar-refractivity contribution in [3.05, 3.63) is 114 Å². The number of amides is 1. The minimum atomic E-state index is -0.687. The van der Waals surface area contributed by atoms with Gasteiger partial charge in [-0.25, -0.2) is 13.5 Å². The second kappa shape index (κ2) is 8.11. The highest BCUT2D eigenvalue weighted by molar-refractivity contribution is 5.92. The van der Waals surface area contributed by atoms with Crippen LogP contribution in [-0.4, -0.2) is 20.1 Å². The molecule has 0 saturated carbocycles. The van der Waals surface area contributed by atoms with E-state index in [1.165, 1.54) is 12.1 Å². The standard InChI is InChI=1S/C25H18F2N4O/c26-20-12-17(13-21(27)14-20)15-28-25(32)23-10-11-31(29-23)24-9-8-22-7-6-19(16-30(22)24)18-4-2-1-3-5-18/h1-14,16H,15H2,(H,28,32). The lowest BCUT2D eigenvalue weighted by atomic mass is 10.1. The Labute approximate surface area is 182 Å². The number of benzene rings is 2. The van der Waals surface area contributed by atoms with Gasteiger partial charge < -0.3 is 9.72 Å². The van der Waals surface area contributed by atoms with Crippen LogP contribution in [0.25, 0.3) is 22.5 Å². The minimum absolute atomic E-state index is 0.00509. The van der Waals surface area contributed by atoms with E-state index in [1.807, 2.05) is 59.1 Å². The number of carbonyl (C=O) groups is 1. The number of hydrogen-bond acceptors (Lipinski definition) is 2. The van der Waals surface area contributed by atoms with Gasteiger partial charge in [0, 0.05) is 30.5 Å². The van der Waals surface area contributed by atoms with Crippen LogP contribution in [0.3, 0.4) is 0 Å².